The van der Waals surface area contributed by atoms with Gasteiger partial charge in [0.25, 0.3) is 0 Å². The summed E-state index contributed by atoms with van der Waals surface area (Å²) in [5.74, 6) is 1.94. The van der Waals surface area contributed by atoms with Crippen LogP contribution in [0.2, 0.25) is 0 Å². The van der Waals surface area contributed by atoms with Crippen molar-refractivity contribution in [2.24, 2.45) is 0 Å². The first kappa shape index (κ1) is 15.2. The molecule has 1 aliphatic heterocycles. The summed E-state index contributed by atoms with van der Waals surface area (Å²) in [5.41, 5.74) is 3.74. The van der Waals surface area contributed by atoms with Gasteiger partial charge in [-0.05, 0) is 43.7 Å². The van der Waals surface area contributed by atoms with E-state index in [1.165, 1.54) is 17.7 Å². The van der Waals surface area contributed by atoms with Crippen molar-refractivity contribution in [3.05, 3.63) is 41.2 Å². The van der Waals surface area contributed by atoms with Crippen molar-refractivity contribution in [3.8, 4) is 6.07 Å². The Bertz CT molecular complexity index is 1010. The summed E-state index contributed by atoms with van der Waals surface area (Å²) in [6, 6.07) is 4.27. The highest BCUT2D eigenvalue weighted by Gasteiger charge is 2.27. The molecule has 0 N–H and O–H groups in total. The lowest BCUT2D eigenvalue weighted by Gasteiger charge is -2.31. The predicted octanol–water partition coefficient (Wildman–Crippen LogP) is 1.66. The minimum atomic E-state index is 0.315. The summed E-state index contributed by atoms with van der Waals surface area (Å²) in [4.78, 5) is 10.6. The lowest BCUT2D eigenvalue weighted by atomic mass is 9.96. The molecule has 8 heteroatoms. The van der Waals surface area contributed by atoms with Crippen molar-refractivity contribution in [3.63, 3.8) is 0 Å². The molecule has 0 spiro atoms. The molecule has 0 bridgehead atoms. The first-order valence-corrected chi connectivity index (χ1v) is 9.03. The van der Waals surface area contributed by atoms with Gasteiger partial charge in [-0.2, -0.15) is 14.9 Å². The Morgan fingerprint density at radius 2 is 1.92 bits per heavy atom. The van der Waals surface area contributed by atoms with Crippen molar-refractivity contribution in [1.29, 1.82) is 5.26 Å². The molecular weight excluding hydrogens is 328 g/mol. The van der Waals surface area contributed by atoms with Crippen LogP contribution in [0.1, 0.15) is 48.0 Å². The SMILES string of the molecule is N#Cc1nccnc1N1CCC(c2nnc3cc4c(nn23)CCC4)CC1. The summed E-state index contributed by atoms with van der Waals surface area (Å²) in [6.07, 6.45) is 8.38. The van der Waals surface area contributed by atoms with E-state index in [0.29, 0.717) is 17.4 Å². The molecule has 1 saturated heterocycles. The van der Waals surface area contributed by atoms with E-state index in [1.807, 2.05) is 4.52 Å². The van der Waals surface area contributed by atoms with Crippen LogP contribution < -0.4 is 4.90 Å². The largest absolute Gasteiger partial charge is 0.354 e. The zero-order valence-electron chi connectivity index (χ0n) is 14.3. The van der Waals surface area contributed by atoms with E-state index in [2.05, 4.69) is 37.2 Å². The van der Waals surface area contributed by atoms with Gasteiger partial charge in [-0.3, -0.25) is 0 Å². The Morgan fingerprint density at radius 3 is 2.77 bits per heavy atom. The number of nitrogens with zero attached hydrogens (tertiary/aromatic N) is 8. The standard InChI is InChI=1S/C18H18N8/c19-11-15-18(21-7-6-20-15)25-8-4-12(5-9-25)17-23-22-16-10-13-2-1-3-14(13)24-26(16)17/h6-7,10,12H,1-5,8-9H2. The number of aromatic nitrogens is 6. The van der Waals surface area contributed by atoms with Crippen LogP contribution >= 0.6 is 0 Å². The van der Waals surface area contributed by atoms with E-state index < -0.39 is 0 Å². The lowest BCUT2D eigenvalue weighted by Crippen LogP contribution is -2.34. The van der Waals surface area contributed by atoms with Gasteiger partial charge in [0.15, 0.2) is 23.0 Å². The number of aryl methyl sites for hydroxylation is 2. The highest BCUT2D eigenvalue weighted by Crippen LogP contribution is 2.30. The minimum absolute atomic E-state index is 0.315. The van der Waals surface area contributed by atoms with Crippen molar-refractivity contribution in [2.45, 2.75) is 38.0 Å². The molecule has 3 aromatic rings. The zero-order valence-corrected chi connectivity index (χ0v) is 14.3. The van der Waals surface area contributed by atoms with Crippen molar-refractivity contribution in [1.82, 2.24) is 29.8 Å². The number of fused-ring (bicyclic) bond motifs is 2. The Morgan fingerprint density at radius 1 is 1.08 bits per heavy atom. The highest BCUT2D eigenvalue weighted by atomic mass is 15.4. The van der Waals surface area contributed by atoms with Crippen LogP contribution in [0, 0.1) is 11.3 Å². The summed E-state index contributed by atoms with van der Waals surface area (Å²) in [5, 5.41) is 22.8. The third kappa shape index (κ3) is 2.39. The lowest BCUT2D eigenvalue weighted by molar-refractivity contribution is 0.474. The molecule has 3 aromatic heterocycles. The Hall–Kier alpha value is -3.08. The van der Waals surface area contributed by atoms with E-state index >= 15 is 0 Å². The van der Waals surface area contributed by atoms with Crippen molar-refractivity contribution < 1.29 is 0 Å². The fourth-order valence-electron chi connectivity index (χ4n) is 4.04. The monoisotopic (exact) mass is 346 g/mol. The quantitative estimate of drug-likeness (QED) is 0.696. The minimum Gasteiger partial charge on any atom is -0.354 e. The maximum atomic E-state index is 9.24. The van der Waals surface area contributed by atoms with Crippen LogP contribution in [0.4, 0.5) is 5.82 Å². The summed E-state index contributed by atoms with van der Waals surface area (Å²) < 4.78 is 1.94. The van der Waals surface area contributed by atoms with Gasteiger partial charge < -0.3 is 4.90 Å². The maximum absolute atomic E-state index is 9.24. The fourth-order valence-corrected chi connectivity index (χ4v) is 4.04. The van der Waals surface area contributed by atoms with E-state index in [9.17, 15) is 5.26 Å². The van der Waals surface area contributed by atoms with E-state index in [-0.39, 0.29) is 0 Å². The Kier molecular flexibility index (Phi) is 3.52. The summed E-state index contributed by atoms with van der Waals surface area (Å²) >= 11 is 0. The predicted molar refractivity (Wildman–Crippen MR) is 93.7 cm³/mol. The molecule has 0 unspecified atom stereocenters. The maximum Gasteiger partial charge on any atom is 0.183 e. The molecule has 0 amide bonds. The second kappa shape index (κ2) is 6.02. The first-order chi connectivity index (χ1) is 12.8. The molecule has 8 nitrogen and oxygen atoms in total. The number of rotatable bonds is 2. The van der Waals surface area contributed by atoms with E-state index in [4.69, 9.17) is 5.10 Å². The van der Waals surface area contributed by atoms with Crippen molar-refractivity contribution in [2.75, 3.05) is 18.0 Å². The smallest absolute Gasteiger partial charge is 0.183 e. The Labute approximate surface area is 150 Å². The highest BCUT2D eigenvalue weighted by molar-refractivity contribution is 5.50. The van der Waals surface area contributed by atoms with Crippen LogP contribution in [0.5, 0.6) is 0 Å². The molecule has 0 saturated carbocycles. The normalized spacial score (nSPS) is 17.4. The van der Waals surface area contributed by atoms with Crippen LogP contribution in [0.25, 0.3) is 5.65 Å². The molecule has 0 aromatic carbocycles. The molecule has 0 atom stereocenters. The fraction of sp³-hybridized carbons (Fsp3) is 0.444. The number of nitriles is 1. The van der Waals surface area contributed by atoms with Gasteiger partial charge in [0, 0.05) is 31.4 Å². The molecule has 5 rings (SSSR count). The number of piperidine rings is 1. The third-order valence-corrected chi connectivity index (χ3v) is 5.39. The number of hydrogen-bond donors (Lipinski definition) is 0. The van der Waals surface area contributed by atoms with E-state index in [0.717, 1.165) is 50.2 Å². The second-order valence-corrected chi connectivity index (χ2v) is 6.90. The second-order valence-electron chi connectivity index (χ2n) is 6.90. The number of hydrogen-bond acceptors (Lipinski definition) is 7. The average molecular weight is 346 g/mol. The van der Waals surface area contributed by atoms with Crippen LogP contribution in [0.15, 0.2) is 18.5 Å². The first-order valence-electron chi connectivity index (χ1n) is 9.03. The molecule has 1 fully saturated rings. The van der Waals surface area contributed by atoms with Crippen LogP contribution in [-0.4, -0.2) is 42.9 Å². The molecule has 130 valence electrons. The average Bonchev–Trinajstić information content (AvgIpc) is 3.32. The van der Waals surface area contributed by atoms with Gasteiger partial charge in [-0.15, -0.1) is 10.2 Å². The molecule has 0 radical (unpaired) electrons. The van der Waals surface area contributed by atoms with Gasteiger partial charge >= 0.3 is 0 Å². The zero-order chi connectivity index (χ0) is 17.5. The summed E-state index contributed by atoms with van der Waals surface area (Å²) in [7, 11) is 0. The molecule has 1 aliphatic carbocycles. The summed E-state index contributed by atoms with van der Waals surface area (Å²) in [6.45, 7) is 1.63. The van der Waals surface area contributed by atoms with E-state index in [1.54, 1.807) is 12.4 Å². The topological polar surface area (TPSA) is 95.9 Å². The number of anilines is 1. The van der Waals surface area contributed by atoms with Crippen molar-refractivity contribution >= 4 is 11.5 Å². The molecular formula is C18H18N8. The van der Waals surface area contributed by atoms with Crippen LogP contribution in [0.3, 0.4) is 0 Å². The van der Waals surface area contributed by atoms with Gasteiger partial charge in [-0.25, -0.2) is 9.97 Å². The molecule has 2 aliphatic rings. The van der Waals surface area contributed by atoms with Gasteiger partial charge in [-0.1, -0.05) is 0 Å². The van der Waals surface area contributed by atoms with Gasteiger partial charge in [0.05, 0.1) is 5.69 Å². The van der Waals surface area contributed by atoms with Crippen LogP contribution in [-0.2, 0) is 12.8 Å². The molecule has 4 heterocycles. The van der Waals surface area contributed by atoms with Gasteiger partial charge in [0.2, 0.25) is 0 Å². The van der Waals surface area contributed by atoms with Gasteiger partial charge in [0.1, 0.15) is 6.07 Å². The Balaban J connectivity index is 1.39. The third-order valence-electron chi connectivity index (χ3n) is 5.39. The molecule has 26 heavy (non-hydrogen) atoms.